The van der Waals surface area contributed by atoms with Crippen molar-refractivity contribution in [1.29, 1.82) is 0 Å². The summed E-state index contributed by atoms with van der Waals surface area (Å²) in [5.74, 6) is 0.632. The minimum Gasteiger partial charge on any atom is -1.00 e. The second-order valence-electron chi connectivity index (χ2n) is 6.31. The van der Waals surface area contributed by atoms with E-state index in [4.69, 9.17) is 5.10 Å². The minimum atomic E-state index is 0. The van der Waals surface area contributed by atoms with E-state index in [1.54, 1.807) is 0 Å². The highest BCUT2D eigenvalue weighted by Gasteiger charge is 2.23. The van der Waals surface area contributed by atoms with E-state index in [9.17, 15) is 0 Å². The van der Waals surface area contributed by atoms with Crippen LogP contribution < -0.4 is 24.0 Å². The Bertz CT molecular complexity index is 449. The quantitative estimate of drug-likeness (QED) is 0.373. The maximum absolute atomic E-state index is 4.91. The van der Waals surface area contributed by atoms with Crippen LogP contribution in [0.2, 0.25) is 0 Å². The number of benzene rings is 1. The third kappa shape index (κ3) is 5.82. The lowest BCUT2D eigenvalue weighted by Gasteiger charge is -2.26. The highest BCUT2D eigenvalue weighted by atomic mass is 127. The van der Waals surface area contributed by atoms with Gasteiger partial charge in [-0.1, -0.05) is 39.6 Å². The fourth-order valence-corrected chi connectivity index (χ4v) is 2.97. The zero-order chi connectivity index (χ0) is 13.9. The zero-order valence-electron chi connectivity index (χ0n) is 12.6. The predicted octanol–water partition coefficient (Wildman–Crippen LogP) is 1.25. The molecule has 1 atom stereocenters. The lowest BCUT2D eigenvalue weighted by molar-refractivity contribution is -0.877. The zero-order valence-corrected chi connectivity index (χ0v) is 16.3. The van der Waals surface area contributed by atoms with E-state index < -0.39 is 0 Å². The molecule has 1 fully saturated rings. The summed E-state index contributed by atoms with van der Waals surface area (Å²) in [7, 11) is 6.41. The lowest BCUT2D eigenvalue weighted by atomic mass is 9.83. The number of rotatable bonds is 3. The van der Waals surface area contributed by atoms with Crippen molar-refractivity contribution in [3.05, 3.63) is 34.3 Å². The Hall–Kier alpha value is 0.0600. The Labute approximate surface area is 148 Å². The van der Waals surface area contributed by atoms with Crippen molar-refractivity contribution < 1.29 is 28.6 Å². The lowest BCUT2D eigenvalue weighted by Crippen LogP contribution is -3.00. The van der Waals surface area contributed by atoms with Crippen molar-refractivity contribution in [2.45, 2.75) is 32.1 Å². The van der Waals surface area contributed by atoms with E-state index in [2.05, 4.69) is 61.3 Å². The van der Waals surface area contributed by atoms with Crippen molar-refractivity contribution in [3.63, 3.8) is 0 Å². The standard InChI is InChI=1S/C16H24BrN2.HI/c1-19(2,3)18-16-7-5-4-6-14(16)12-13-8-10-15(17)11-9-13;/h8-11,14H,4-7,12H2,1-3H3;1H/q+1;/p-1/b18-16+;. The molecule has 0 heterocycles. The summed E-state index contributed by atoms with van der Waals surface area (Å²) in [6.07, 6.45) is 6.24. The maximum Gasteiger partial charge on any atom is 0.0923 e. The first-order valence-electron chi connectivity index (χ1n) is 7.09. The van der Waals surface area contributed by atoms with Crippen LogP contribution in [0.15, 0.2) is 33.8 Å². The molecule has 112 valence electrons. The van der Waals surface area contributed by atoms with E-state index in [-0.39, 0.29) is 24.0 Å². The normalized spacial score (nSPS) is 21.6. The Balaban J connectivity index is 0.00000200. The monoisotopic (exact) mass is 450 g/mol. The second-order valence-corrected chi connectivity index (χ2v) is 7.22. The highest BCUT2D eigenvalue weighted by molar-refractivity contribution is 9.10. The molecule has 0 amide bonds. The second kappa shape index (κ2) is 7.90. The topological polar surface area (TPSA) is 12.4 Å². The van der Waals surface area contributed by atoms with Crippen molar-refractivity contribution in [2.75, 3.05) is 21.1 Å². The van der Waals surface area contributed by atoms with Gasteiger partial charge in [0.05, 0.1) is 26.9 Å². The van der Waals surface area contributed by atoms with Crippen LogP contribution >= 0.6 is 15.9 Å². The number of nitrogens with zero attached hydrogens (tertiary/aromatic N) is 2. The Morgan fingerprint density at radius 3 is 2.40 bits per heavy atom. The van der Waals surface area contributed by atoms with Crippen LogP contribution in [0.1, 0.15) is 31.2 Å². The van der Waals surface area contributed by atoms with E-state index in [1.165, 1.54) is 37.0 Å². The average molecular weight is 451 g/mol. The van der Waals surface area contributed by atoms with Crippen LogP contribution in [-0.4, -0.2) is 31.4 Å². The predicted molar refractivity (Wildman–Crippen MR) is 85.3 cm³/mol. The van der Waals surface area contributed by atoms with Crippen LogP contribution in [0, 0.1) is 5.92 Å². The molecule has 0 radical (unpaired) electrons. The molecule has 4 heteroatoms. The summed E-state index contributed by atoms with van der Waals surface area (Å²) in [4.78, 5) is 0. The maximum atomic E-state index is 4.91. The summed E-state index contributed by atoms with van der Waals surface area (Å²) >= 11 is 3.50. The first-order chi connectivity index (χ1) is 8.94. The SMILES string of the molecule is C[N+](C)(C)/N=C1\CCCCC1Cc1ccc(Br)cc1.[I-]. The molecule has 0 bridgehead atoms. The van der Waals surface area contributed by atoms with Gasteiger partial charge in [-0.2, -0.15) is 0 Å². The third-order valence-corrected chi connectivity index (χ3v) is 4.06. The van der Waals surface area contributed by atoms with Gasteiger partial charge in [-0.15, -0.1) is 0 Å². The third-order valence-electron chi connectivity index (χ3n) is 3.53. The van der Waals surface area contributed by atoms with Gasteiger partial charge in [0.25, 0.3) is 0 Å². The van der Waals surface area contributed by atoms with Crippen LogP contribution in [0.3, 0.4) is 0 Å². The molecule has 0 aliphatic heterocycles. The minimum absolute atomic E-state index is 0. The molecule has 1 unspecified atom stereocenters. The first-order valence-corrected chi connectivity index (χ1v) is 7.88. The molecular weight excluding hydrogens is 427 g/mol. The molecular formula is C16H24BrIN2. The molecule has 0 saturated heterocycles. The van der Waals surface area contributed by atoms with Crippen molar-refractivity contribution in [3.8, 4) is 0 Å². The van der Waals surface area contributed by atoms with Gasteiger partial charge in [-0.05, 0) is 43.4 Å². The van der Waals surface area contributed by atoms with Gasteiger partial charge >= 0.3 is 0 Å². The highest BCUT2D eigenvalue weighted by Crippen LogP contribution is 2.26. The molecule has 0 N–H and O–H groups in total. The van der Waals surface area contributed by atoms with E-state index in [0.29, 0.717) is 10.5 Å². The van der Waals surface area contributed by atoms with E-state index >= 15 is 0 Å². The molecule has 20 heavy (non-hydrogen) atoms. The molecule has 0 spiro atoms. The van der Waals surface area contributed by atoms with Crippen LogP contribution in [0.5, 0.6) is 0 Å². The summed E-state index contributed by atoms with van der Waals surface area (Å²) in [5.41, 5.74) is 2.84. The largest absolute Gasteiger partial charge is 1.00 e. The molecule has 1 aliphatic rings. The number of hydrogen-bond donors (Lipinski definition) is 0. The van der Waals surface area contributed by atoms with Gasteiger partial charge < -0.3 is 24.0 Å². The van der Waals surface area contributed by atoms with Gasteiger partial charge in [0.15, 0.2) is 0 Å². The summed E-state index contributed by atoms with van der Waals surface area (Å²) in [6.45, 7) is 0. The molecule has 1 saturated carbocycles. The van der Waals surface area contributed by atoms with E-state index in [0.717, 1.165) is 10.9 Å². The molecule has 1 aliphatic carbocycles. The molecule has 1 aromatic rings. The van der Waals surface area contributed by atoms with Gasteiger partial charge in [0.2, 0.25) is 0 Å². The summed E-state index contributed by atoms with van der Waals surface area (Å²) in [5, 5.41) is 4.91. The van der Waals surface area contributed by atoms with E-state index in [1.807, 2.05) is 0 Å². The first kappa shape index (κ1) is 18.1. The summed E-state index contributed by atoms with van der Waals surface area (Å²) < 4.78 is 1.84. The molecule has 2 rings (SSSR count). The Morgan fingerprint density at radius 2 is 1.80 bits per heavy atom. The van der Waals surface area contributed by atoms with Gasteiger partial charge in [-0.3, -0.25) is 0 Å². The van der Waals surface area contributed by atoms with Crippen molar-refractivity contribution >= 4 is 21.6 Å². The number of halogens is 2. The van der Waals surface area contributed by atoms with Crippen molar-refractivity contribution in [1.82, 2.24) is 0 Å². The van der Waals surface area contributed by atoms with Crippen molar-refractivity contribution in [2.24, 2.45) is 11.0 Å². The Kier molecular flexibility index (Phi) is 7.15. The van der Waals surface area contributed by atoms with Crippen LogP contribution in [0.4, 0.5) is 0 Å². The molecule has 0 aromatic heterocycles. The fourth-order valence-electron chi connectivity index (χ4n) is 2.71. The van der Waals surface area contributed by atoms with Gasteiger partial charge in [-0.25, -0.2) is 4.59 Å². The van der Waals surface area contributed by atoms with Crippen LogP contribution in [-0.2, 0) is 6.42 Å². The Morgan fingerprint density at radius 1 is 1.15 bits per heavy atom. The average Bonchev–Trinajstić information content (AvgIpc) is 2.33. The summed E-state index contributed by atoms with van der Waals surface area (Å²) in [6, 6.07) is 8.72. The van der Waals surface area contributed by atoms with Gasteiger partial charge in [0.1, 0.15) is 0 Å². The molecule has 2 nitrogen and oxygen atoms in total. The van der Waals surface area contributed by atoms with Gasteiger partial charge in [0, 0.05) is 10.4 Å². The molecule has 1 aromatic carbocycles. The van der Waals surface area contributed by atoms with Crippen LogP contribution in [0.25, 0.3) is 0 Å². The number of hydrogen-bond acceptors (Lipinski definition) is 1. The fraction of sp³-hybridized carbons (Fsp3) is 0.562. The smallest absolute Gasteiger partial charge is 0.0923 e. The number of quaternary nitrogens is 1.